The quantitative estimate of drug-likeness (QED) is 0.417. The molecule has 0 fully saturated rings. The lowest BCUT2D eigenvalue weighted by Crippen LogP contribution is -2.15. The number of carbonyl (C=O) groups is 2. The Morgan fingerprint density at radius 2 is 0.926 bits per heavy atom. The van der Waals surface area contributed by atoms with Gasteiger partial charge >= 0.3 is 0 Å². The first-order valence-corrected chi connectivity index (χ1v) is 9.83. The lowest BCUT2D eigenvalue weighted by molar-refractivity contribution is -0.117. The van der Waals surface area contributed by atoms with Gasteiger partial charge in [0.1, 0.15) is 0 Å². The van der Waals surface area contributed by atoms with Crippen molar-refractivity contribution in [1.82, 2.24) is 0 Å². The van der Waals surface area contributed by atoms with Crippen molar-refractivity contribution in [2.75, 3.05) is 10.6 Å². The average molecular weight is 489 g/mol. The van der Waals surface area contributed by atoms with Crippen molar-refractivity contribution in [1.29, 1.82) is 0 Å². The Bertz CT molecular complexity index is 817. The van der Waals surface area contributed by atoms with E-state index in [2.05, 4.69) is 10.6 Å². The minimum absolute atomic E-state index is 0.110. The highest BCUT2D eigenvalue weighted by atomic mass is 35.5. The van der Waals surface area contributed by atoms with E-state index < -0.39 is 0 Å². The van der Waals surface area contributed by atoms with Crippen LogP contribution in [0.2, 0.25) is 30.1 Å². The summed E-state index contributed by atoms with van der Waals surface area (Å²) in [6.07, 6.45) is 0.535. The van der Waals surface area contributed by atoms with E-state index >= 15 is 0 Å². The first kappa shape index (κ1) is 22.4. The highest BCUT2D eigenvalue weighted by Crippen LogP contribution is 2.33. The van der Waals surface area contributed by atoms with Crippen LogP contribution in [0.15, 0.2) is 24.3 Å². The highest BCUT2D eigenvalue weighted by Gasteiger charge is 2.12. The molecule has 4 nitrogen and oxygen atoms in total. The van der Waals surface area contributed by atoms with Crippen LogP contribution in [0.25, 0.3) is 0 Å². The number of nitrogens with one attached hydrogen (secondary N) is 2. The average Bonchev–Trinajstić information content (AvgIpc) is 2.57. The Morgan fingerprint density at radius 1 is 0.593 bits per heavy atom. The fraction of sp³-hybridized carbons (Fsp3) is 0.176. The van der Waals surface area contributed by atoms with Gasteiger partial charge in [-0.25, -0.2) is 0 Å². The lowest BCUT2D eigenvalue weighted by atomic mass is 10.2. The molecule has 2 N–H and O–H groups in total. The van der Waals surface area contributed by atoms with Crippen LogP contribution in [0.4, 0.5) is 11.4 Å². The Morgan fingerprint density at radius 3 is 1.30 bits per heavy atom. The highest BCUT2D eigenvalue weighted by molar-refractivity contribution is 6.44. The van der Waals surface area contributed by atoms with Gasteiger partial charge in [-0.2, -0.15) is 0 Å². The molecule has 0 unspecified atom stereocenters. The van der Waals surface area contributed by atoms with E-state index in [0.717, 1.165) is 0 Å². The molecule has 10 heteroatoms. The third kappa shape index (κ3) is 6.60. The minimum Gasteiger partial charge on any atom is -0.325 e. The summed E-state index contributed by atoms with van der Waals surface area (Å²) < 4.78 is 0. The van der Waals surface area contributed by atoms with Gasteiger partial charge in [-0.3, -0.25) is 9.59 Å². The first-order valence-electron chi connectivity index (χ1n) is 7.56. The predicted molar refractivity (Wildman–Crippen MR) is 114 cm³/mol. The molecule has 2 rings (SSSR count). The summed E-state index contributed by atoms with van der Waals surface area (Å²) in [5.41, 5.74) is 0.700. The Kier molecular flexibility index (Phi) is 8.35. The van der Waals surface area contributed by atoms with Crippen molar-refractivity contribution in [3.8, 4) is 0 Å². The summed E-state index contributed by atoms with van der Waals surface area (Å²) in [7, 11) is 0. The molecule has 2 aromatic carbocycles. The molecule has 0 aliphatic heterocycles. The molecular weight excluding hydrogens is 477 g/mol. The van der Waals surface area contributed by atoms with Crippen LogP contribution in [-0.4, -0.2) is 11.8 Å². The van der Waals surface area contributed by atoms with Crippen molar-refractivity contribution in [3.63, 3.8) is 0 Å². The summed E-state index contributed by atoms with van der Waals surface area (Å²) >= 11 is 35.5. The molecule has 0 heterocycles. The topological polar surface area (TPSA) is 58.2 Å². The Hall–Kier alpha value is -0.880. The molecule has 0 saturated carbocycles. The second-order valence-corrected chi connectivity index (χ2v) is 7.89. The normalized spacial score (nSPS) is 10.6. The van der Waals surface area contributed by atoms with Crippen molar-refractivity contribution in [3.05, 3.63) is 54.4 Å². The van der Waals surface area contributed by atoms with Crippen LogP contribution in [-0.2, 0) is 9.59 Å². The maximum Gasteiger partial charge on any atom is 0.224 e. The molecule has 0 radical (unpaired) electrons. The van der Waals surface area contributed by atoms with E-state index in [1.165, 1.54) is 24.3 Å². The summed E-state index contributed by atoms with van der Waals surface area (Å²) in [6, 6.07) is 5.80. The van der Waals surface area contributed by atoms with Gasteiger partial charge in [0.05, 0.1) is 41.5 Å². The molecule has 144 valence electrons. The van der Waals surface area contributed by atoms with Crippen LogP contribution in [0.1, 0.15) is 19.3 Å². The molecule has 2 aromatic rings. The molecule has 27 heavy (non-hydrogen) atoms. The van der Waals surface area contributed by atoms with Gasteiger partial charge < -0.3 is 10.6 Å². The number of carbonyl (C=O) groups excluding carboxylic acids is 2. The third-order valence-corrected chi connectivity index (χ3v) is 5.45. The molecule has 0 aliphatic carbocycles. The summed E-state index contributed by atoms with van der Waals surface area (Å²) in [6.45, 7) is 0. The largest absolute Gasteiger partial charge is 0.325 e. The maximum atomic E-state index is 12.0. The van der Waals surface area contributed by atoms with E-state index in [1.54, 1.807) is 0 Å². The van der Waals surface area contributed by atoms with Crippen LogP contribution >= 0.6 is 69.6 Å². The van der Waals surface area contributed by atoms with Crippen LogP contribution in [0.5, 0.6) is 0 Å². The predicted octanol–water partition coefficient (Wildman–Crippen LogP) is 7.35. The maximum absolute atomic E-state index is 12.0. The molecule has 0 aromatic heterocycles. The third-order valence-electron chi connectivity index (χ3n) is 3.38. The number of halogens is 6. The second kappa shape index (κ2) is 10.1. The van der Waals surface area contributed by atoms with E-state index in [9.17, 15) is 9.59 Å². The monoisotopic (exact) mass is 486 g/mol. The molecule has 0 spiro atoms. The SMILES string of the molecule is O=C(CCCC(=O)Nc1cc(Cl)c(Cl)cc1Cl)Nc1cc(Cl)c(Cl)cc1Cl. The Labute approximate surface area is 186 Å². The number of hydrogen-bond acceptors (Lipinski definition) is 2. The van der Waals surface area contributed by atoms with Crippen LogP contribution in [0.3, 0.4) is 0 Å². The zero-order valence-electron chi connectivity index (χ0n) is 13.5. The smallest absolute Gasteiger partial charge is 0.224 e. The molecule has 2 amide bonds. The number of benzene rings is 2. The zero-order valence-corrected chi connectivity index (χ0v) is 18.1. The van der Waals surface area contributed by atoms with Gasteiger partial charge in [-0.05, 0) is 30.7 Å². The van der Waals surface area contributed by atoms with Crippen molar-refractivity contribution in [2.45, 2.75) is 19.3 Å². The number of hydrogen-bond donors (Lipinski definition) is 2. The first-order chi connectivity index (χ1) is 12.7. The van der Waals surface area contributed by atoms with Gasteiger partial charge in [0.15, 0.2) is 0 Å². The van der Waals surface area contributed by atoms with Crippen molar-refractivity contribution >= 4 is 92.8 Å². The van der Waals surface area contributed by atoms with E-state index in [0.29, 0.717) is 17.8 Å². The number of amides is 2. The minimum atomic E-state index is -0.310. The molecular formula is C17H12Cl6N2O2. The summed E-state index contributed by atoms with van der Waals surface area (Å²) in [5.74, 6) is -0.619. The van der Waals surface area contributed by atoms with E-state index in [4.69, 9.17) is 69.6 Å². The van der Waals surface area contributed by atoms with Gasteiger partial charge in [0, 0.05) is 12.8 Å². The molecule has 0 bridgehead atoms. The molecule has 0 aliphatic rings. The van der Waals surface area contributed by atoms with Gasteiger partial charge in [-0.15, -0.1) is 0 Å². The second-order valence-electron chi connectivity index (χ2n) is 5.44. The fourth-order valence-electron chi connectivity index (χ4n) is 2.07. The lowest BCUT2D eigenvalue weighted by Gasteiger charge is -2.10. The summed E-state index contributed by atoms with van der Waals surface area (Å²) in [5, 5.41) is 6.91. The van der Waals surface area contributed by atoms with E-state index in [1.807, 2.05) is 0 Å². The van der Waals surface area contributed by atoms with Crippen molar-refractivity contribution in [2.24, 2.45) is 0 Å². The molecule has 0 atom stereocenters. The van der Waals surface area contributed by atoms with E-state index in [-0.39, 0.29) is 54.8 Å². The van der Waals surface area contributed by atoms with Crippen molar-refractivity contribution < 1.29 is 9.59 Å². The summed E-state index contributed by atoms with van der Waals surface area (Å²) in [4.78, 5) is 24.0. The van der Waals surface area contributed by atoms with Crippen LogP contribution in [0, 0.1) is 0 Å². The standard InChI is InChI=1S/C17H12Cl6N2O2/c18-8-4-12(22)14(6-10(8)20)24-16(26)2-1-3-17(27)25-15-7-11(21)9(19)5-13(15)23/h4-7H,1-3H2,(H,24,26)(H,25,27). The number of anilines is 2. The van der Waals surface area contributed by atoms with Gasteiger partial charge in [0.25, 0.3) is 0 Å². The van der Waals surface area contributed by atoms with Gasteiger partial charge in [0.2, 0.25) is 11.8 Å². The number of rotatable bonds is 6. The molecule has 0 saturated heterocycles. The fourth-order valence-corrected chi connectivity index (χ4v) is 3.26. The Balaban J connectivity index is 1.84. The van der Waals surface area contributed by atoms with Crippen LogP contribution < -0.4 is 10.6 Å². The van der Waals surface area contributed by atoms with Gasteiger partial charge in [-0.1, -0.05) is 69.6 Å². The zero-order chi connectivity index (χ0) is 20.1.